The molecule has 0 aromatic heterocycles. The van der Waals surface area contributed by atoms with Gasteiger partial charge in [-0.1, -0.05) is 20.8 Å². The van der Waals surface area contributed by atoms with Crippen LogP contribution in [0.2, 0.25) is 0 Å². The number of quaternary nitrogens is 1. The molecule has 0 spiro atoms. The molecule has 0 amide bonds. The molecule has 3 saturated carbocycles. The summed E-state index contributed by atoms with van der Waals surface area (Å²) in [6.07, 6.45) is 5.74. The van der Waals surface area contributed by atoms with Crippen molar-refractivity contribution in [1.29, 1.82) is 0 Å². The fourth-order valence-corrected chi connectivity index (χ4v) is 5.61. The van der Waals surface area contributed by atoms with Gasteiger partial charge in [0.15, 0.2) is 0 Å². The molecule has 0 aromatic rings. The first-order valence-electron chi connectivity index (χ1n) is 7.55. The highest BCUT2D eigenvalue weighted by molar-refractivity contribution is 5.14. The monoisotopic (exact) mass is 235 g/mol. The first-order chi connectivity index (χ1) is 7.92. The highest BCUT2D eigenvalue weighted by Crippen LogP contribution is 2.70. The summed E-state index contributed by atoms with van der Waals surface area (Å²) in [6.45, 7) is 10.0. The van der Waals surface area contributed by atoms with E-state index in [0.29, 0.717) is 11.0 Å². The van der Waals surface area contributed by atoms with Gasteiger partial charge in [-0.2, -0.15) is 7.05 Å². The van der Waals surface area contributed by atoms with Crippen LogP contribution < -0.4 is 5.32 Å². The Kier molecular flexibility index (Phi) is 2.47. The minimum atomic E-state index is 0.429. The molecule has 17 heavy (non-hydrogen) atoms. The average Bonchev–Trinajstić information content (AvgIpc) is 2.65. The van der Waals surface area contributed by atoms with Crippen molar-refractivity contribution in [3.05, 3.63) is 7.05 Å². The molecule has 1 nitrogen and oxygen atoms in total. The van der Waals surface area contributed by atoms with Crippen LogP contribution in [0.4, 0.5) is 0 Å². The maximum atomic E-state index is 4.16. The molecular weight excluding hydrogens is 206 g/mol. The van der Waals surface area contributed by atoms with Gasteiger partial charge in [0.25, 0.3) is 0 Å². The van der Waals surface area contributed by atoms with E-state index >= 15 is 0 Å². The van der Waals surface area contributed by atoms with E-state index in [0.717, 1.165) is 29.6 Å². The van der Waals surface area contributed by atoms with E-state index in [1.807, 2.05) is 0 Å². The van der Waals surface area contributed by atoms with Gasteiger partial charge in [-0.25, -0.2) is 0 Å². The van der Waals surface area contributed by atoms with E-state index in [9.17, 15) is 0 Å². The van der Waals surface area contributed by atoms with Crippen LogP contribution in [0.25, 0.3) is 0 Å². The lowest BCUT2D eigenvalue weighted by Crippen LogP contribution is -2.92. The first-order valence-corrected chi connectivity index (χ1v) is 7.55. The van der Waals surface area contributed by atoms with E-state index in [1.54, 1.807) is 0 Å². The third kappa shape index (κ3) is 1.47. The largest absolute Gasteiger partial charge is 0.474 e. The summed E-state index contributed by atoms with van der Waals surface area (Å²) in [5.74, 6) is 4.89. The van der Waals surface area contributed by atoms with Gasteiger partial charge in [-0.3, -0.25) is 0 Å². The summed E-state index contributed by atoms with van der Waals surface area (Å²) >= 11 is 0. The summed E-state index contributed by atoms with van der Waals surface area (Å²) in [4.78, 5) is 0. The van der Waals surface area contributed by atoms with Crippen molar-refractivity contribution >= 4 is 0 Å². The number of hydrogen-bond donors (Lipinski definition) is 1. The lowest BCUT2D eigenvalue weighted by Gasteiger charge is -2.39. The quantitative estimate of drug-likeness (QED) is 0.673. The highest BCUT2D eigenvalue weighted by atomic mass is 15.0. The second-order valence-electron chi connectivity index (χ2n) is 7.94. The van der Waals surface area contributed by atoms with Crippen molar-refractivity contribution < 1.29 is 5.32 Å². The third-order valence-electron chi connectivity index (χ3n) is 6.92. The predicted molar refractivity (Wildman–Crippen MR) is 71.1 cm³/mol. The van der Waals surface area contributed by atoms with Gasteiger partial charge in [0, 0.05) is 12.3 Å². The number of hydrogen-bond acceptors (Lipinski definition) is 0. The van der Waals surface area contributed by atoms with Gasteiger partial charge in [0.05, 0.1) is 5.54 Å². The maximum Gasteiger partial charge on any atom is 0.0726 e. The van der Waals surface area contributed by atoms with Crippen molar-refractivity contribution in [2.75, 3.05) is 0 Å². The Balaban J connectivity index is 1.94. The molecular formula is C16H29N. The van der Waals surface area contributed by atoms with Crippen LogP contribution in [-0.4, -0.2) is 5.54 Å². The van der Waals surface area contributed by atoms with Gasteiger partial charge >= 0.3 is 0 Å². The molecule has 0 bridgehead atoms. The minimum absolute atomic E-state index is 0.429. The zero-order valence-electron chi connectivity index (χ0n) is 12.0. The third-order valence-corrected chi connectivity index (χ3v) is 6.92. The second kappa shape index (κ2) is 3.50. The predicted octanol–water partition coefficient (Wildman–Crippen LogP) is 2.83. The molecule has 2 N–H and O–H groups in total. The van der Waals surface area contributed by atoms with Crippen molar-refractivity contribution in [3.63, 3.8) is 0 Å². The van der Waals surface area contributed by atoms with E-state index in [4.69, 9.17) is 0 Å². The summed E-state index contributed by atoms with van der Waals surface area (Å²) < 4.78 is 0. The normalized spacial score (nSPS) is 55.9. The first kappa shape index (κ1) is 12.0. The average molecular weight is 235 g/mol. The Morgan fingerprint density at radius 1 is 1.06 bits per heavy atom. The molecule has 1 heteroatoms. The standard InChI is InChI=1S/C16H29N/c1-10-6-7-11-13(10)14-12(15(14,2)3)8-9-16(11,4)17-5/h10-14H,5-9,17H2,1-4H3. The van der Waals surface area contributed by atoms with Crippen LogP contribution in [0, 0.1) is 42.1 Å². The molecule has 3 aliphatic rings. The smallest absolute Gasteiger partial charge is 0.0726 e. The van der Waals surface area contributed by atoms with Crippen LogP contribution in [0.15, 0.2) is 0 Å². The Labute approximate surface area is 107 Å². The van der Waals surface area contributed by atoms with E-state index in [-0.39, 0.29) is 0 Å². The van der Waals surface area contributed by atoms with Crippen molar-refractivity contribution in [2.24, 2.45) is 35.0 Å². The van der Waals surface area contributed by atoms with Crippen LogP contribution >= 0.6 is 0 Å². The summed E-state index contributed by atoms with van der Waals surface area (Å²) in [5.41, 5.74) is 1.07. The number of rotatable bonds is 1. The Morgan fingerprint density at radius 2 is 1.76 bits per heavy atom. The van der Waals surface area contributed by atoms with Crippen LogP contribution in [-0.2, 0) is 0 Å². The molecule has 6 atom stereocenters. The van der Waals surface area contributed by atoms with Crippen LogP contribution in [0.1, 0.15) is 53.4 Å². The highest BCUT2D eigenvalue weighted by Gasteiger charge is 2.67. The Bertz CT molecular complexity index is 321. The van der Waals surface area contributed by atoms with Crippen LogP contribution in [0.5, 0.6) is 0 Å². The zero-order valence-corrected chi connectivity index (χ0v) is 12.0. The molecule has 0 aliphatic heterocycles. The van der Waals surface area contributed by atoms with Gasteiger partial charge in [-0.15, -0.1) is 0 Å². The Morgan fingerprint density at radius 3 is 2.41 bits per heavy atom. The Hall–Kier alpha value is -0.0400. The minimum Gasteiger partial charge on any atom is -0.474 e. The van der Waals surface area contributed by atoms with Gasteiger partial charge in [0.1, 0.15) is 0 Å². The van der Waals surface area contributed by atoms with Crippen molar-refractivity contribution in [2.45, 2.75) is 58.9 Å². The van der Waals surface area contributed by atoms with E-state index < -0.39 is 0 Å². The molecule has 3 aliphatic carbocycles. The summed E-state index contributed by atoms with van der Waals surface area (Å²) in [5, 5.41) is 2.29. The molecule has 0 saturated heterocycles. The number of nitrogens with two attached hydrogens (primary N) is 1. The van der Waals surface area contributed by atoms with Gasteiger partial charge < -0.3 is 5.32 Å². The fraction of sp³-hybridized carbons (Fsp3) is 0.938. The SMILES string of the molecule is [CH2-][NH2+]C1(C)CCC2C(C3C(C)CCC31)C2(C)C. The lowest BCUT2D eigenvalue weighted by atomic mass is 9.72. The summed E-state index contributed by atoms with van der Waals surface area (Å²) in [6, 6.07) is 0. The van der Waals surface area contributed by atoms with E-state index in [2.05, 4.69) is 40.1 Å². The molecule has 0 radical (unpaired) electrons. The molecule has 0 aromatic carbocycles. The molecule has 0 heterocycles. The molecule has 6 unspecified atom stereocenters. The fourth-order valence-electron chi connectivity index (χ4n) is 5.61. The van der Waals surface area contributed by atoms with Crippen molar-refractivity contribution in [1.82, 2.24) is 0 Å². The van der Waals surface area contributed by atoms with Gasteiger partial charge in [-0.05, 0) is 55.3 Å². The molecule has 98 valence electrons. The molecule has 3 fully saturated rings. The second-order valence-corrected chi connectivity index (χ2v) is 7.94. The molecule has 3 rings (SSSR count). The topological polar surface area (TPSA) is 16.6 Å². The van der Waals surface area contributed by atoms with E-state index in [1.165, 1.54) is 25.7 Å². The van der Waals surface area contributed by atoms with Crippen molar-refractivity contribution in [3.8, 4) is 0 Å². The maximum absolute atomic E-state index is 4.16. The van der Waals surface area contributed by atoms with Gasteiger partial charge in [0.2, 0.25) is 0 Å². The number of fused-ring (bicyclic) bond motifs is 3. The lowest BCUT2D eigenvalue weighted by molar-refractivity contribution is -0.683. The summed E-state index contributed by atoms with van der Waals surface area (Å²) in [7, 11) is 4.16. The van der Waals surface area contributed by atoms with Crippen LogP contribution in [0.3, 0.4) is 0 Å². The zero-order chi connectivity index (χ0) is 12.4.